The molecule has 1 atom stereocenters. The summed E-state index contributed by atoms with van der Waals surface area (Å²) in [5.74, 6) is -0.968. The molecular formula is C13H16N2O4. The largest absolute Gasteiger partial charge is 0.481 e. The Bertz CT molecular complexity index is 449. The number of rotatable bonds is 5. The number of ether oxygens (including phenoxy) is 1. The number of aliphatic carboxylic acids is 1. The van der Waals surface area contributed by atoms with Crippen molar-refractivity contribution in [3.8, 4) is 0 Å². The van der Waals surface area contributed by atoms with Gasteiger partial charge in [0.15, 0.2) is 0 Å². The van der Waals surface area contributed by atoms with Gasteiger partial charge in [-0.2, -0.15) is 0 Å². The molecule has 0 radical (unpaired) electrons. The lowest BCUT2D eigenvalue weighted by atomic mass is 10.1. The molecule has 0 aromatic carbocycles. The minimum atomic E-state index is -0.862. The van der Waals surface area contributed by atoms with E-state index >= 15 is 0 Å². The number of amides is 1. The van der Waals surface area contributed by atoms with Gasteiger partial charge in [0.05, 0.1) is 12.6 Å². The van der Waals surface area contributed by atoms with Crippen LogP contribution >= 0.6 is 0 Å². The van der Waals surface area contributed by atoms with Gasteiger partial charge in [0.25, 0.3) is 0 Å². The quantitative estimate of drug-likeness (QED) is 0.845. The number of carbonyl (C=O) groups excluding carboxylic acids is 1. The minimum Gasteiger partial charge on any atom is -0.481 e. The van der Waals surface area contributed by atoms with Crippen molar-refractivity contribution in [2.75, 3.05) is 13.2 Å². The van der Waals surface area contributed by atoms with Crippen LogP contribution in [0, 0.1) is 0 Å². The number of carboxylic acids is 1. The molecule has 2 heterocycles. The Morgan fingerprint density at radius 2 is 2.42 bits per heavy atom. The van der Waals surface area contributed by atoms with Gasteiger partial charge in [-0.05, 0) is 18.1 Å². The second-order valence-electron chi connectivity index (χ2n) is 4.48. The Kier molecular flexibility index (Phi) is 4.46. The van der Waals surface area contributed by atoms with Crippen LogP contribution in [0.1, 0.15) is 18.4 Å². The summed E-state index contributed by atoms with van der Waals surface area (Å²) in [7, 11) is 0. The van der Waals surface area contributed by atoms with Gasteiger partial charge in [-0.15, -0.1) is 0 Å². The van der Waals surface area contributed by atoms with Crippen molar-refractivity contribution in [2.45, 2.75) is 25.4 Å². The molecule has 1 aromatic rings. The SMILES string of the molecule is O=C(O)CCC1COCC(=O)N1Cc1cccnc1. The van der Waals surface area contributed by atoms with Gasteiger partial charge in [-0.3, -0.25) is 14.6 Å². The highest BCUT2D eigenvalue weighted by atomic mass is 16.5. The summed E-state index contributed by atoms with van der Waals surface area (Å²) in [6.07, 6.45) is 3.82. The molecule has 6 heteroatoms. The first-order valence-corrected chi connectivity index (χ1v) is 6.14. The number of pyridine rings is 1. The van der Waals surface area contributed by atoms with E-state index in [0.717, 1.165) is 5.56 Å². The Labute approximate surface area is 111 Å². The normalized spacial score (nSPS) is 19.5. The minimum absolute atomic E-state index is 0.0326. The van der Waals surface area contributed by atoms with E-state index < -0.39 is 5.97 Å². The zero-order valence-corrected chi connectivity index (χ0v) is 10.5. The molecule has 1 saturated heterocycles. The zero-order chi connectivity index (χ0) is 13.7. The summed E-state index contributed by atoms with van der Waals surface area (Å²) < 4.78 is 5.19. The van der Waals surface area contributed by atoms with Crippen molar-refractivity contribution in [2.24, 2.45) is 0 Å². The topological polar surface area (TPSA) is 79.7 Å². The number of carboxylic acid groups (broad SMARTS) is 1. The first kappa shape index (κ1) is 13.5. The van der Waals surface area contributed by atoms with Crippen molar-refractivity contribution in [1.82, 2.24) is 9.88 Å². The standard InChI is InChI=1S/C13H16N2O4/c16-12-9-19-8-11(3-4-13(17)18)15(12)7-10-2-1-5-14-6-10/h1-2,5-6,11H,3-4,7-9H2,(H,17,18). The highest BCUT2D eigenvalue weighted by Gasteiger charge is 2.28. The van der Waals surface area contributed by atoms with E-state index in [1.54, 1.807) is 17.3 Å². The van der Waals surface area contributed by atoms with Crippen LogP contribution in [0.15, 0.2) is 24.5 Å². The first-order valence-electron chi connectivity index (χ1n) is 6.14. The van der Waals surface area contributed by atoms with Gasteiger partial charge in [0.2, 0.25) is 5.91 Å². The van der Waals surface area contributed by atoms with E-state index in [1.807, 2.05) is 12.1 Å². The van der Waals surface area contributed by atoms with E-state index in [2.05, 4.69) is 4.98 Å². The van der Waals surface area contributed by atoms with Gasteiger partial charge in [0, 0.05) is 25.4 Å². The summed E-state index contributed by atoms with van der Waals surface area (Å²) in [6.45, 7) is 0.892. The molecule has 0 spiro atoms. The third kappa shape index (κ3) is 3.75. The van der Waals surface area contributed by atoms with Gasteiger partial charge in [-0.1, -0.05) is 6.07 Å². The lowest BCUT2D eigenvalue weighted by Gasteiger charge is -2.35. The number of aromatic nitrogens is 1. The molecule has 1 amide bonds. The summed E-state index contributed by atoms with van der Waals surface area (Å²) in [5.41, 5.74) is 0.929. The fourth-order valence-corrected chi connectivity index (χ4v) is 2.09. The predicted molar refractivity (Wildman–Crippen MR) is 66.3 cm³/mol. The molecule has 1 N–H and O–H groups in total. The molecule has 1 aromatic heterocycles. The number of hydrogen-bond acceptors (Lipinski definition) is 4. The van der Waals surface area contributed by atoms with Crippen LogP contribution in [0.2, 0.25) is 0 Å². The molecule has 1 aliphatic rings. The molecular weight excluding hydrogens is 248 g/mol. The smallest absolute Gasteiger partial charge is 0.303 e. The summed E-state index contributed by atoms with van der Waals surface area (Å²) >= 11 is 0. The maximum Gasteiger partial charge on any atom is 0.303 e. The van der Waals surface area contributed by atoms with Gasteiger partial charge >= 0.3 is 5.97 Å². The number of morpholine rings is 1. The molecule has 0 saturated carbocycles. The fraction of sp³-hybridized carbons (Fsp3) is 0.462. The number of nitrogens with zero attached hydrogens (tertiary/aromatic N) is 2. The van der Waals surface area contributed by atoms with Crippen molar-refractivity contribution >= 4 is 11.9 Å². The predicted octanol–water partition coefficient (Wildman–Crippen LogP) is 0.674. The van der Waals surface area contributed by atoms with Gasteiger partial charge in [0.1, 0.15) is 6.61 Å². The van der Waals surface area contributed by atoms with Crippen LogP contribution in [0.25, 0.3) is 0 Å². The molecule has 1 aliphatic heterocycles. The summed E-state index contributed by atoms with van der Waals surface area (Å²) in [6, 6.07) is 3.52. The molecule has 0 aliphatic carbocycles. The first-order chi connectivity index (χ1) is 9.16. The number of carbonyl (C=O) groups is 2. The van der Waals surface area contributed by atoms with Crippen molar-refractivity contribution in [1.29, 1.82) is 0 Å². The van der Waals surface area contributed by atoms with Crippen LogP contribution in [0.4, 0.5) is 0 Å². The second kappa shape index (κ2) is 6.29. The maximum absolute atomic E-state index is 11.9. The highest BCUT2D eigenvalue weighted by molar-refractivity contribution is 5.78. The fourth-order valence-electron chi connectivity index (χ4n) is 2.09. The molecule has 1 unspecified atom stereocenters. The Morgan fingerprint density at radius 3 is 3.11 bits per heavy atom. The van der Waals surface area contributed by atoms with Crippen molar-refractivity contribution < 1.29 is 19.4 Å². The van der Waals surface area contributed by atoms with Gasteiger partial charge < -0.3 is 14.7 Å². The van der Waals surface area contributed by atoms with Gasteiger partial charge in [-0.25, -0.2) is 0 Å². The molecule has 2 rings (SSSR count). The van der Waals surface area contributed by atoms with E-state index in [0.29, 0.717) is 19.6 Å². The van der Waals surface area contributed by atoms with Crippen molar-refractivity contribution in [3.63, 3.8) is 0 Å². The maximum atomic E-state index is 11.9. The highest BCUT2D eigenvalue weighted by Crippen LogP contribution is 2.16. The Morgan fingerprint density at radius 1 is 1.58 bits per heavy atom. The van der Waals surface area contributed by atoms with Crippen LogP contribution in [0.3, 0.4) is 0 Å². The lowest BCUT2D eigenvalue weighted by molar-refractivity contribution is -0.151. The van der Waals surface area contributed by atoms with Crippen molar-refractivity contribution in [3.05, 3.63) is 30.1 Å². The third-order valence-electron chi connectivity index (χ3n) is 3.06. The molecule has 19 heavy (non-hydrogen) atoms. The lowest BCUT2D eigenvalue weighted by Crippen LogP contribution is -2.49. The van der Waals surface area contributed by atoms with E-state index in [9.17, 15) is 9.59 Å². The van der Waals surface area contributed by atoms with Crippen LogP contribution < -0.4 is 0 Å². The average molecular weight is 264 g/mol. The van der Waals surface area contributed by atoms with Crippen LogP contribution in [-0.2, 0) is 20.9 Å². The molecule has 0 bridgehead atoms. The zero-order valence-electron chi connectivity index (χ0n) is 10.5. The average Bonchev–Trinajstić information content (AvgIpc) is 2.40. The van der Waals surface area contributed by atoms with E-state index in [4.69, 9.17) is 9.84 Å². The van der Waals surface area contributed by atoms with E-state index in [-0.39, 0.29) is 25.0 Å². The molecule has 1 fully saturated rings. The Hall–Kier alpha value is -1.95. The number of hydrogen-bond donors (Lipinski definition) is 1. The van der Waals surface area contributed by atoms with E-state index in [1.165, 1.54) is 0 Å². The second-order valence-corrected chi connectivity index (χ2v) is 4.48. The monoisotopic (exact) mass is 264 g/mol. The Balaban J connectivity index is 2.03. The van der Waals surface area contributed by atoms with Crippen LogP contribution in [-0.4, -0.2) is 46.1 Å². The van der Waals surface area contributed by atoms with Crippen LogP contribution in [0.5, 0.6) is 0 Å². The molecule has 102 valence electrons. The summed E-state index contributed by atoms with van der Waals surface area (Å²) in [4.78, 5) is 28.2. The third-order valence-corrected chi connectivity index (χ3v) is 3.06. The summed E-state index contributed by atoms with van der Waals surface area (Å²) in [5, 5.41) is 8.73. The molecule has 6 nitrogen and oxygen atoms in total.